The van der Waals surface area contributed by atoms with Gasteiger partial charge in [-0.2, -0.15) is 0 Å². The van der Waals surface area contributed by atoms with Crippen LogP contribution < -0.4 is 23.8 Å². The van der Waals surface area contributed by atoms with Gasteiger partial charge in [0.2, 0.25) is 21.8 Å². The maximum Gasteiger partial charge on any atom is 0.244 e. The molecule has 0 saturated heterocycles. The number of hydrogen-bond donors (Lipinski definition) is 1. The van der Waals surface area contributed by atoms with E-state index in [0.717, 1.165) is 21.7 Å². The number of carbonyl (C=O) groups excluding carboxylic acids is 2. The molecule has 1 N–H and O–H groups in total. The molecule has 0 aliphatic rings. The van der Waals surface area contributed by atoms with E-state index in [4.69, 9.17) is 14.2 Å². The zero-order valence-corrected chi connectivity index (χ0v) is 26.4. The predicted octanol–water partition coefficient (Wildman–Crippen LogP) is 4.03. The van der Waals surface area contributed by atoms with Crippen molar-refractivity contribution in [2.24, 2.45) is 0 Å². The molecule has 0 aliphatic carbocycles. The van der Waals surface area contributed by atoms with Crippen LogP contribution in [0.15, 0.2) is 72.8 Å². The molecular weight excluding hydrogens is 570 g/mol. The molecule has 2 atom stereocenters. The summed E-state index contributed by atoms with van der Waals surface area (Å²) in [6, 6.07) is 20.2. The van der Waals surface area contributed by atoms with Crippen LogP contribution in [0.25, 0.3) is 0 Å². The van der Waals surface area contributed by atoms with Gasteiger partial charge in [0.15, 0.2) is 0 Å². The Balaban J connectivity index is 2.11. The van der Waals surface area contributed by atoms with Crippen molar-refractivity contribution >= 4 is 27.5 Å². The summed E-state index contributed by atoms with van der Waals surface area (Å²) in [5, 5.41) is 3.02. The zero-order valence-electron chi connectivity index (χ0n) is 25.6. The molecule has 232 valence electrons. The van der Waals surface area contributed by atoms with E-state index in [0.29, 0.717) is 17.9 Å². The number of rotatable bonds is 15. The van der Waals surface area contributed by atoms with Crippen molar-refractivity contribution < 1.29 is 32.2 Å². The van der Waals surface area contributed by atoms with Crippen molar-refractivity contribution in [2.45, 2.75) is 45.3 Å². The van der Waals surface area contributed by atoms with Gasteiger partial charge in [0, 0.05) is 25.1 Å². The number of nitrogens with zero attached hydrogens (tertiary/aromatic N) is 2. The first-order chi connectivity index (χ1) is 20.5. The highest BCUT2D eigenvalue weighted by Gasteiger charge is 2.34. The average molecular weight is 612 g/mol. The summed E-state index contributed by atoms with van der Waals surface area (Å²) < 4.78 is 43.3. The van der Waals surface area contributed by atoms with Crippen LogP contribution in [0, 0.1) is 0 Å². The molecule has 3 aromatic rings. The Morgan fingerprint density at radius 1 is 0.860 bits per heavy atom. The number of ether oxygens (including phenoxy) is 3. The summed E-state index contributed by atoms with van der Waals surface area (Å²) in [5.74, 6) is 0.375. The second kappa shape index (κ2) is 15.3. The van der Waals surface area contributed by atoms with Crippen LogP contribution in [0.1, 0.15) is 31.4 Å². The number of anilines is 1. The highest BCUT2D eigenvalue weighted by atomic mass is 32.2. The monoisotopic (exact) mass is 611 g/mol. The molecule has 2 amide bonds. The lowest BCUT2D eigenvalue weighted by Gasteiger charge is -2.34. The van der Waals surface area contributed by atoms with E-state index in [1.54, 1.807) is 37.4 Å². The van der Waals surface area contributed by atoms with Crippen LogP contribution in [0.2, 0.25) is 0 Å². The third-order valence-electron chi connectivity index (χ3n) is 7.09. The van der Waals surface area contributed by atoms with Gasteiger partial charge in [0.1, 0.15) is 29.8 Å². The van der Waals surface area contributed by atoms with Gasteiger partial charge >= 0.3 is 0 Å². The van der Waals surface area contributed by atoms with E-state index < -0.39 is 28.5 Å². The van der Waals surface area contributed by atoms with Crippen molar-refractivity contribution in [1.29, 1.82) is 0 Å². The Bertz CT molecular complexity index is 1480. The third-order valence-corrected chi connectivity index (χ3v) is 8.22. The minimum absolute atomic E-state index is 0.0405. The smallest absolute Gasteiger partial charge is 0.244 e. The van der Waals surface area contributed by atoms with Gasteiger partial charge in [-0.15, -0.1) is 0 Å². The largest absolute Gasteiger partial charge is 0.497 e. The Labute approximate surface area is 254 Å². The summed E-state index contributed by atoms with van der Waals surface area (Å²) >= 11 is 0. The first-order valence-corrected chi connectivity index (χ1v) is 15.8. The number of methoxy groups -OCH3 is 3. The first-order valence-electron chi connectivity index (χ1n) is 14.0. The van der Waals surface area contributed by atoms with E-state index >= 15 is 0 Å². The Morgan fingerprint density at radius 3 is 2.12 bits per heavy atom. The predicted molar refractivity (Wildman–Crippen MR) is 167 cm³/mol. The van der Waals surface area contributed by atoms with Gasteiger partial charge in [-0.05, 0) is 48.7 Å². The summed E-state index contributed by atoms with van der Waals surface area (Å²) in [5.41, 5.74) is 1.74. The maximum atomic E-state index is 14.3. The van der Waals surface area contributed by atoms with Crippen molar-refractivity contribution in [3.63, 3.8) is 0 Å². The van der Waals surface area contributed by atoms with E-state index in [1.165, 1.54) is 25.2 Å². The van der Waals surface area contributed by atoms with Crippen LogP contribution >= 0.6 is 0 Å². The highest BCUT2D eigenvalue weighted by molar-refractivity contribution is 7.92. The number of nitrogens with one attached hydrogen (secondary N) is 1. The number of hydrogen-bond acceptors (Lipinski definition) is 7. The lowest BCUT2D eigenvalue weighted by molar-refractivity contribution is -0.140. The molecule has 0 bridgehead atoms. The first kappa shape index (κ1) is 33.3. The average Bonchev–Trinajstić information content (AvgIpc) is 3.01. The van der Waals surface area contributed by atoms with E-state index in [-0.39, 0.29) is 36.4 Å². The topological polar surface area (TPSA) is 114 Å². The summed E-state index contributed by atoms with van der Waals surface area (Å²) in [6.07, 6.45) is 1.95. The fraction of sp³-hybridized carbons (Fsp3) is 0.375. The molecule has 0 spiro atoms. The molecule has 0 aromatic heterocycles. The van der Waals surface area contributed by atoms with Crippen molar-refractivity contribution in [3.05, 3.63) is 83.9 Å². The third kappa shape index (κ3) is 9.12. The fourth-order valence-electron chi connectivity index (χ4n) is 4.55. The molecule has 0 saturated carbocycles. The molecule has 11 heteroatoms. The Hall–Kier alpha value is -4.25. The zero-order chi connectivity index (χ0) is 31.6. The van der Waals surface area contributed by atoms with Crippen LogP contribution in [0.4, 0.5) is 5.69 Å². The van der Waals surface area contributed by atoms with Gasteiger partial charge < -0.3 is 24.4 Å². The molecule has 0 radical (unpaired) electrons. The second-order valence-electron chi connectivity index (χ2n) is 10.2. The van der Waals surface area contributed by atoms with E-state index in [2.05, 4.69) is 5.32 Å². The lowest BCUT2D eigenvalue weighted by atomic mass is 10.0. The second-order valence-corrected chi connectivity index (χ2v) is 12.1. The number of sulfonamides is 1. The molecule has 0 fully saturated rings. The Kier molecular flexibility index (Phi) is 11.8. The molecular formula is C32H41N3O7S. The highest BCUT2D eigenvalue weighted by Crippen LogP contribution is 2.34. The van der Waals surface area contributed by atoms with Crippen LogP contribution in [0.3, 0.4) is 0 Å². The van der Waals surface area contributed by atoms with Gasteiger partial charge in [0.25, 0.3) is 0 Å². The molecule has 10 nitrogen and oxygen atoms in total. The van der Waals surface area contributed by atoms with Crippen LogP contribution in [-0.4, -0.2) is 71.3 Å². The van der Waals surface area contributed by atoms with E-state index in [1.807, 2.05) is 50.2 Å². The normalized spacial score (nSPS) is 12.5. The fourth-order valence-corrected chi connectivity index (χ4v) is 5.40. The quantitative estimate of drug-likeness (QED) is 0.276. The van der Waals surface area contributed by atoms with Gasteiger partial charge in [-0.25, -0.2) is 8.42 Å². The van der Waals surface area contributed by atoms with Gasteiger partial charge in [0.05, 0.1) is 33.3 Å². The molecule has 0 unspecified atom stereocenters. The summed E-state index contributed by atoms with van der Waals surface area (Å²) in [7, 11) is 0.476. The summed E-state index contributed by atoms with van der Waals surface area (Å²) in [6.45, 7) is 3.34. The number of amides is 2. The lowest BCUT2D eigenvalue weighted by Crippen LogP contribution is -2.54. The van der Waals surface area contributed by atoms with Gasteiger partial charge in [-0.3, -0.25) is 13.9 Å². The van der Waals surface area contributed by atoms with Gasteiger partial charge in [-0.1, -0.05) is 49.4 Å². The SMILES string of the molecule is CC[C@H](C)NC(=O)[C@H](Cc1ccccc1)N(Cc1cccc(OC)c1)C(=O)CN(c1ccc(OC)cc1OC)S(C)(=O)=O. The minimum Gasteiger partial charge on any atom is -0.497 e. The van der Waals surface area contributed by atoms with Crippen LogP contribution in [-0.2, 0) is 32.6 Å². The maximum absolute atomic E-state index is 14.3. The van der Waals surface area contributed by atoms with Crippen molar-refractivity contribution in [2.75, 3.05) is 38.4 Å². The molecule has 3 rings (SSSR count). The van der Waals surface area contributed by atoms with Crippen molar-refractivity contribution in [1.82, 2.24) is 10.2 Å². The van der Waals surface area contributed by atoms with E-state index in [9.17, 15) is 18.0 Å². The molecule has 0 heterocycles. The van der Waals surface area contributed by atoms with Crippen LogP contribution in [0.5, 0.6) is 17.2 Å². The number of carbonyl (C=O) groups is 2. The number of benzene rings is 3. The molecule has 0 aliphatic heterocycles. The molecule has 3 aromatic carbocycles. The van der Waals surface area contributed by atoms with Crippen molar-refractivity contribution in [3.8, 4) is 17.2 Å². The standard InChI is InChI=1S/C32H41N3O7S/c1-7-23(2)33-32(37)29(19-24-12-9-8-10-13-24)34(21-25-14-11-15-26(18-25)40-3)31(36)22-35(43(6,38)39)28-17-16-27(41-4)20-30(28)42-5/h8-18,20,23,29H,7,19,21-22H2,1-6H3,(H,33,37)/t23-,29-/m0/s1. The molecule has 43 heavy (non-hydrogen) atoms. The summed E-state index contributed by atoms with van der Waals surface area (Å²) in [4.78, 5) is 29.5. The minimum atomic E-state index is -3.97. The Morgan fingerprint density at radius 2 is 1.51 bits per heavy atom.